The first-order valence-corrected chi connectivity index (χ1v) is 14.8. The number of carbonyl (C=O) groups is 2. The molecule has 0 amide bonds. The molecule has 0 fully saturated rings. The smallest absolute Gasteiger partial charge is 0.323 e. The van der Waals surface area contributed by atoms with Crippen LogP contribution >= 0.6 is 31.9 Å². The van der Waals surface area contributed by atoms with Gasteiger partial charge in [-0.15, -0.1) is 11.6 Å². The average molecular weight is 611 g/mol. The number of nitrogens with two attached hydrogens (primary N) is 1. The number of nitrogen functional groups attached to an aromatic ring is 1. The van der Waals surface area contributed by atoms with Crippen LogP contribution in [0, 0.1) is 5.41 Å². The summed E-state index contributed by atoms with van der Waals surface area (Å²) in [5, 5.41) is 3.09. The number of halogens is 1. The van der Waals surface area contributed by atoms with Gasteiger partial charge in [-0.1, -0.05) is 32.5 Å². The standard InChI is InChI=1S/C17H33ClNO6PS.C6H7N5O/c1-12(2)25-15(20)13(3)19-26(24-11-14(10-18)22-7)23-8-9-27-16(21)17(4,5)6;1-11-2-8-3-4(11)9-6(7)10-5(3)12/h12-14,19H,8-11H2,1-7H3;2H,1H3,(H3,7,9,10,12). The number of carbonyl (C=O) groups excluding carboxylic acids is 2. The summed E-state index contributed by atoms with van der Waals surface area (Å²) in [6, 6.07) is -0.598. The Morgan fingerprint density at radius 3 is 2.51 bits per heavy atom. The number of esters is 1. The number of thioether (sulfide) groups is 1. The molecule has 0 aliphatic carbocycles. The number of rotatable bonds is 13. The van der Waals surface area contributed by atoms with Crippen LogP contribution in [0.2, 0.25) is 0 Å². The van der Waals surface area contributed by atoms with E-state index in [9.17, 15) is 14.4 Å². The predicted octanol–water partition coefficient (Wildman–Crippen LogP) is 2.97. The summed E-state index contributed by atoms with van der Waals surface area (Å²) in [5.74, 6) is 0.493. The van der Waals surface area contributed by atoms with E-state index in [1.165, 1.54) is 18.1 Å². The molecule has 0 aliphatic heterocycles. The molecule has 2 aromatic rings. The van der Waals surface area contributed by atoms with E-state index in [0.29, 0.717) is 23.5 Å². The number of anilines is 1. The number of nitrogens with one attached hydrogen (secondary N) is 2. The molecule has 0 radical (unpaired) electrons. The van der Waals surface area contributed by atoms with Crippen LogP contribution in [0.5, 0.6) is 0 Å². The van der Waals surface area contributed by atoms with Crippen molar-refractivity contribution in [1.82, 2.24) is 24.6 Å². The van der Waals surface area contributed by atoms with E-state index in [0.717, 1.165) is 0 Å². The third kappa shape index (κ3) is 12.9. The fourth-order valence-electron chi connectivity index (χ4n) is 2.49. The molecular weight excluding hydrogens is 571 g/mol. The maximum atomic E-state index is 12.0. The van der Waals surface area contributed by atoms with Gasteiger partial charge in [0.2, 0.25) is 5.95 Å². The molecule has 16 heteroatoms. The van der Waals surface area contributed by atoms with Gasteiger partial charge in [0.05, 0.1) is 37.6 Å². The number of aromatic amines is 1. The van der Waals surface area contributed by atoms with E-state index >= 15 is 0 Å². The lowest BCUT2D eigenvalue weighted by atomic mass is 10.00. The number of ether oxygens (including phenoxy) is 2. The Labute approximate surface area is 239 Å². The molecule has 2 aromatic heterocycles. The van der Waals surface area contributed by atoms with Crippen molar-refractivity contribution in [3.8, 4) is 0 Å². The van der Waals surface area contributed by atoms with Crippen LogP contribution in [0.3, 0.4) is 0 Å². The number of nitrogens with zero attached hydrogens (tertiary/aromatic N) is 3. The Kier molecular flexibility index (Phi) is 15.5. The van der Waals surface area contributed by atoms with Gasteiger partial charge in [-0.2, -0.15) is 4.98 Å². The Morgan fingerprint density at radius 2 is 1.95 bits per heavy atom. The number of aromatic nitrogens is 4. The van der Waals surface area contributed by atoms with Gasteiger partial charge in [0.1, 0.15) is 6.04 Å². The maximum absolute atomic E-state index is 12.0. The third-order valence-electron chi connectivity index (χ3n) is 4.61. The van der Waals surface area contributed by atoms with E-state index in [-0.39, 0.29) is 47.3 Å². The summed E-state index contributed by atoms with van der Waals surface area (Å²) in [5.41, 5.74) is 5.45. The molecule has 222 valence electrons. The molecule has 2 rings (SSSR count). The number of fused-ring (bicyclic) bond motifs is 1. The quantitative estimate of drug-likeness (QED) is 0.131. The topological polar surface area (TPSA) is 173 Å². The lowest BCUT2D eigenvalue weighted by molar-refractivity contribution is -0.149. The maximum Gasteiger partial charge on any atom is 0.323 e. The van der Waals surface area contributed by atoms with Gasteiger partial charge in [-0.3, -0.25) is 19.4 Å². The first kappa shape index (κ1) is 35.2. The van der Waals surface area contributed by atoms with Crippen LogP contribution in [0.4, 0.5) is 5.95 Å². The summed E-state index contributed by atoms with van der Waals surface area (Å²) < 4.78 is 23.4. The van der Waals surface area contributed by atoms with Crippen LogP contribution in [-0.4, -0.2) is 80.8 Å². The first-order valence-electron chi connectivity index (χ1n) is 12.1. The van der Waals surface area contributed by atoms with Crippen LogP contribution in [0.15, 0.2) is 11.1 Å². The zero-order valence-corrected chi connectivity index (χ0v) is 26.1. The van der Waals surface area contributed by atoms with Gasteiger partial charge in [0.25, 0.3) is 14.1 Å². The van der Waals surface area contributed by atoms with E-state index in [2.05, 4.69) is 20.0 Å². The summed E-state index contributed by atoms with van der Waals surface area (Å²) in [4.78, 5) is 45.2. The molecule has 0 saturated heterocycles. The molecule has 0 bridgehead atoms. The minimum absolute atomic E-state index is 0.0970. The van der Waals surface area contributed by atoms with Crippen molar-refractivity contribution >= 4 is 60.1 Å². The molecule has 3 unspecified atom stereocenters. The highest BCUT2D eigenvalue weighted by molar-refractivity contribution is 8.13. The SMILES string of the molecule is COC(CCl)COP(NC(C)C(=O)OC(C)C)OCCSC(=O)C(C)(C)C.Cn1cnc2c(=O)[nH]c(N)nc21. The molecule has 4 N–H and O–H groups in total. The molecule has 0 saturated carbocycles. The Morgan fingerprint density at radius 1 is 1.28 bits per heavy atom. The summed E-state index contributed by atoms with van der Waals surface area (Å²) in [6.07, 6.45) is 1.03. The number of alkyl halides is 1. The van der Waals surface area contributed by atoms with Gasteiger partial charge >= 0.3 is 5.97 Å². The molecule has 0 aliphatic rings. The molecule has 0 aromatic carbocycles. The van der Waals surface area contributed by atoms with Crippen LogP contribution in [0.1, 0.15) is 41.5 Å². The van der Waals surface area contributed by atoms with E-state index in [1.54, 1.807) is 39.5 Å². The van der Waals surface area contributed by atoms with Crippen molar-refractivity contribution in [2.75, 3.05) is 37.7 Å². The van der Waals surface area contributed by atoms with Gasteiger partial charge in [0.15, 0.2) is 16.3 Å². The molecule has 13 nitrogen and oxygen atoms in total. The van der Waals surface area contributed by atoms with Crippen molar-refractivity contribution in [3.05, 3.63) is 16.7 Å². The molecule has 0 spiro atoms. The van der Waals surface area contributed by atoms with Crippen LogP contribution in [0.25, 0.3) is 11.2 Å². The first-order chi connectivity index (χ1) is 18.2. The third-order valence-corrected chi connectivity index (χ3v) is 7.60. The van der Waals surface area contributed by atoms with E-state index in [4.69, 9.17) is 35.9 Å². The second-order valence-electron chi connectivity index (χ2n) is 9.60. The summed E-state index contributed by atoms with van der Waals surface area (Å²) in [7, 11) is 1.72. The van der Waals surface area contributed by atoms with Crippen LogP contribution in [-0.2, 0) is 35.2 Å². The minimum atomic E-state index is -1.57. The zero-order valence-electron chi connectivity index (χ0n) is 23.6. The van der Waals surface area contributed by atoms with Crippen molar-refractivity contribution < 1.29 is 28.1 Å². The summed E-state index contributed by atoms with van der Waals surface area (Å²) >= 11 is 7.01. The monoisotopic (exact) mass is 610 g/mol. The number of H-pyrrole nitrogens is 1. The number of imidazole rings is 1. The highest BCUT2D eigenvalue weighted by Crippen LogP contribution is 2.35. The normalized spacial score (nSPS) is 14.0. The number of hydrogen-bond donors (Lipinski definition) is 3. The van der Waals surface area contributed by atoms with Crippen molar-refractivity contribution in [2.24, 2.45) is 12.5 Å². The number of aryl methyl sites for hydroxylation is 1. The number of methoxy groups -OCH3 is 1. The van der Waals surface area contributed by atoms with Crippen molar-refractivity contribution in [3.63, 3.8) is 0 Å². The molecule has 3 atom stereocenters. The highest BCUT2D eigenvalue weighted by atomic mass is 35.5. The molecule has 39 heavy (non-hydrogen) atoms. The van der Waals surface area contributed by atoms with Gasteiger partial charge in [0, 0.05) is 25.3 Å². The molecule has 2 heterocycles. The van der Waals surface area contributed by atoms with Crippen LogP contribution < -0.4 is 16.4 Å². The second-order valence-corrected chi connectivity index (χ2v) is 12.3. The fraction of sp³-hybridized carbons (Fsp3) is 0.696. The van der Waals surface area contributed by atoms with Crippen molar-refractivity contribution in [2.45, 2.75) is 59.8 Å². The predicted molar refractivity (Wildman–Crippen MR) is 155 cm³/mol. The minimum Gasteiger partial charge on any atom is -0.462 e. The lowest BCUT2D eigenvalue weighted by Gasteiger charge is -2.23. The van der Waals surface area contributed by atoms with Gasteiger partial charge in [-0.25, -0.2) is 10.1 Å². The lowest BCUT2D eigenvalue weighted by Crippen LogP contribution is -2.35. The Hall–Kier alpha value is -1.80. The van der Waals surface area contributed by atoms with Gasteiger partial charge in [-0.05, 0) is 20.8 Å². The second kappa shape index (κ2) is 17.1. The number of hydrogen-bond acceptors (Lipinski definition) is 12. The van der Waals surface area contributed by atoms with Crippen molar-refractivity contribution in [1.29, 1.82) is 0 Å². The van der Waals surface area contributed by atoms with E-state index < -0.39 is 20.0 Å². The largest absolute Gasteiger partial charge is 0.462 e. The summed E-state index contributed by atoms with van der Waals surface area (Å²) in [6.45, 7) is 11.4. The highest BCUT2D eigenvalue weighted by Gasteiger charge is 2.24. The molecular formula is C23H40ClN6O7PS. The fourth-order valence-corrected chi connectivity index (χ4v) is 4.82. The average Bonchev–Trinajstić information content (AvgIpc) is 3.22. The van der Waals surface area contributed by atoms with Gasteiger partial charge < -0.3 is 28.8 Å². The van der Waals surface area contributed by atoms with E-state index in [1.807, 2.05) is 20.8 Å². The zero-order chi connectivity index (χ0) is 29.8. The Balaban J connectivity index is 0.000000516. The Bertz CT molecular complexity index is 1110.